The highest BCUT2D eigenvalue weighted by atomic mass is 28.4. The molecule has 0 fully saturated rings. The molecule has 0 aliphatic rings. The minimum absolute atomic E-state index is 0.0395. The van der Waals surface area contributed by atoms with Gasteiger partial charge in [0.25, 0.3) is 0 Å². The zero-order valence-electron chi connectivity index (χ0n) is 19.3. The molecule has 1 aromatic rings. The van der Waals surface area contributed by atoms with Crippen LogP contribution in [0.4, 0.5) is 0 Å². The third kappa shape index (κ3) is 7.20. The third-order valence-corrected chi connectivity index (χ3v) is 10.1. The van der Waals surface area contributed by atoms with Crippen molar-refractivity contribution in [3.8, 4) is 0 Å². The average molecular weight is 435 g/mol. The number of rotatable bonds is 12. The second kappa shape index (κ2) is 11.6. The first kappa shape index (κ1) is 26.3. The maximum absolute atomic E-state index is 12.4. The second-order valence-electron chi connectivity index (χ2n) is 8.84. The molecule has 0 heterocycles. The Morgan fingerprint density at radius 1 is 1.17 bits per heavy atom. The Hall–Kier alpha value is -1.73. The summed E-state index contributed by atoms with van der Waals surface area (Å²) in [6.07, 6.45) is 0.433. The van der Waals surface area contributed by atoms with Gasteiger partial charge in [0.15, 0.2) is 8.32 Å². The summed E-state index contributed by atoms with van der Waals surface area (Å²) in [7, 11) is -2.20. The second-order valence-corrected chi connectivity index (χ2v) is 13.6. The molecule has 0 radical (unpaired) electrons. The number of ether oxygens (including phenoxy) is 2. The normalized spacial score (nSPS) is 16.2. The Bertz CT molecular complexity index is 681. The first-order valence-corrected chi connectivity index (χ1v) is 13.3. The first-order chi connectivity index (χ1) is 14.0. The topological polar surface area (TPSA) is 65.0 Å². The van der Waals surface area contributed by atoms with Crippen LogP contribution in [0.2, 0.25) is 18.1 Å². The van der Waals surface area contributed by atoms with E-state index in [-0.39, 0.29) is 18.3 Å². The molecule has 30 heavy (non-hydrogen) atoms. The average Bonchev–Trinajstić information content (AvgIpc) is 2.67. The van der Waals surface area contributed by atoms with E-state index in [9.17, 15) is 9.90 Å². The Morgan fingerprint density at radius 2 is 1.77 bits per heavy atom. The van der Waals surface area contributed by atoms with E-state index in [2.05, 4.69) is 47.0 Å². The number of aliphatic hydroxyl groups excluding tert-OH is 1. The minimum atomic E-state index is -2.20. The summed E-state index contributed by atoms with van der Waals surface area (Å²) in [6.45, 7) is 20.5. The van der Waals surface area contributed by atoms with Crippen LogP contribution in [0.15, 0.2) is 55.6 Å². The molecule has 0 aliphatic heterocycles. The molecular weight excluding hydrogens is 396 g/mol. The predicted octanol–water partition coefficient (Wildman–Crippen LogP) is 4.87. The van der Waals surface area contributed by atoms with Gasteiger partial charge >= 0.3 is 5.97 Å². The zero-order chi connectivity index (χ0) is 22.9. The standard InChI is InChI=1S/C24H38O5Si/c1-9-19(23(26)27-11-3)21(25)22(28-17-18-15-13-12-14-16-18)20(10-2)29-30(7,8)24(4,5)6/h9-10,12-16,19-22,25H,1-2,11,17H2,3-8H3/t19-,20-,21+,22-/m0/s1. The molecule has 168 valence electrons. The van der Waals surface area contributed by atoms with Crippen LogP contribution < -0.4 is 0 Å². The van der Waals surface area contributed by atoms with Crippen LogP contribution in [0.5, 0.6) is 0 Å². The van der Waals surface area contributed by atoms with E-state index in [1.165, 1.54) is 6.08 Å². The van der Waals surface area contributed by atoms with Gasteiger partial charge in [0, 0.05) is 0 Å². The highest BCUT2D eigenvalue weighted by Gasteiger charge is 2.43. The molecule has 0 aromatic heterocycles. The van der Waals surface area contributed by atoms with Gasteiger partial charge in [-0.25, -0.2) is 0 Å². The molecule has 0 spiro atoms. The van der Waals surface area contributed by atoms with Gasteiger partial charge in [-0.05, 0) is 30.6 Å². The van der Waals surface area contributed by atoms with Crippen molar-refractivity contribution in [1.29, 1.82) is 0 Å². The van der Waals surface area contributed by atoms with Gasteiger partial charge in [0.05, 0.1) is 25.4 Å². The van der Waals surface area contributed by atoms with Crippen molar-refractivity contribution in [1.82, 2.24) is 0 Å². The molecule has 0 bridgehead atoms. The van der Waals surface area contributed by atoms with E-state index >= 15 is 0 Å². The summed E-state index contributed by atoms with van der Waals surface area (Å²) in [5.41, 5.74) is 0.955. The van der Waals surface area contributed by atoms with Gasteiger partial charge in [0.1, 0.15) is 12.0 Å². The lowest BCUT2D eigenvalue weighted by Crippen LogP contribution is -2.52. The molecule has 1 N–H and O–H groups in total. The van der Waals surface area contributed by atoms with E-state index in [0.29, 0.717) is 0 Å². The monoisotopic (exact) mass is 434 g/mol. The van der Waals surface area contributed by atoms with E-state index < -0.39 is 38.5 Å². The number of hydrogen-bond donors (Lipinski definition) is 1. The fourth-order valence-corrected chi connectivity index (χ4v) is 4.00. The Balaban J connectivity index is 3.20. The Morgan fingerprint density at radius 3 is 2.23 bits per heavy atom. The fraction of sp³-hybridized carbons (Fsp3) is 0.542. The summed E-state index contributed by atoms with van der Waals surface area (Å²) < 4.78 is 17.8. The molecule has 5 nitrogen and oxygen atoms in total. The van der Waals surface area contributed by atoms with Crippen molar-refractivity contribution >= 4 is 14.3 Å². The zero-order valence-corrected chi connectivity index (χ0v) is 20.3. The molecular formula is C24H38O5Si. The Labute approximate surface area is 182 Å². The summed E-state index contributed by atoms with van der Waals surface area (Å²) in [4.78, 5) is 12.4. The number of benzene rings is 1. The van der Waals surface area contributed by atoms with Crippen LogP contribution in [0.25, 0.3) is 0 Å². The molecule has 6 heteroatoms. The lowest BCUT2D eigenvalue weighted by Gasteiger charge is -2.41. The van der Waals surface area contributed by atoms with Gasteiger partial charge in [-0.2, -0.15) is 0 Å². The summed E-state index contributed by atoms with van der Waals surface area (Å²) in [5.74, 6) is -1.47. The number of esters is 1. The SMILES string of the molecule is C=C[C@H](O[Si](C)(C)C(C)(C)C)[C@H](OCc1ccccc1)[C@H](O)[C@H](C=C)C(=O)OCC. The first-order valence-electron chi connectivity index (χ1n) is 10.4. The maximum Gasteiger partial charge on any atom is 0.315 e. The molecule has 0 amide bonds. The van der Waals surface area contributed by atoms with Crippen LogP contribution in [0.3, 0.4) is 0 Å². The van der Waals surface area contributed by atoms with Gasteiger partial charge in [-0.3, -0.25) is 4.79 Å². The lowest BCUT2D eigenvalue weighted by molar-refractivity contribution is -0.157. The largest absolute Gasteiger partial charge is 0.465 e. The number of carbonyl (C=O) groups is 1. The highest BCUT2D eigenvalue weighted by molar-refractivity contribution is 6.74. The number of carbonyl (C=O) groups excluding carboxylic acids is 1. The van der Waals surface area contributed by atoms with Gasteiger partial charge < -0.3 is 19.0 Å². The predicted molar refractivity (Wildman–Crippen MR) is 124 cm³/mol. The van der Waals surface area contributed by atoms with Crippen LogP contribution >= 0.6 is 0 Å². The highest BCUT2D eigenvalue weighted by Crippen LogP contribution is 2.38. The molecule has 0 unspecified atom stereocenters. The molecule has 4 atom stereocenters. The van der Waals surface area contributed by atoms with Crippen LogP contribution in [0.1, 0.15) is 33.3 Å². The van der Waals surface area contributed by atoms with Gasteiger partial charge in [0.2, 0.25) is 0 Å². The van der Waals surface area contributed by atoms with Crippen molar-refractivity contribution < 1.29 is 23.8 Å². The van der Waals surface area contributed by atoms with E-state index in [4.69, 9.17) is 13.9 Å². The van der Waals surface area contributed by atoms with Crippen LogP contribution in [-0.2, 0) is 25.3 Å². The molecule has 0 saturated carbocycles. The van der Waals surface area contributed by atoms with E-state index in [0.717, 1.165) is 5.56 Å². The quantitative estimate of drug-likeness (QED) is 0.289. The van der Waals surface area contributed by atoms with Crippen LogP contribution in [0, 0.1) is 5.92 Å². The molecule has 0 saturated heterocycles. The van der Waals surface area contributed by atoms with Crippen molar-refractivity contribution in [2.45, 2.75) is 70.7 Å². The smallest absolute Gasteiger partial charge is 0.315 e. The summed E-state index contributed by atoms with van der Waals surface area (Å²) in [6, 6.07) is 9.66. The fourth-order valence-electron chi connectivity index (χ4n) is 2.74. The van der Waals surface area contributed by atoms with E-state index in [1.54, 1.807) is 13.0 Å². The molecule has 1 aromatic carbocycles. The van der Waals surface area contributed by atoms with Crippen LogP contribution in [-0.4, -0.2) is 44.3 Å². The van der Waals surface area contributed by atoms with Gasteiger partial charge in [-0.15, -0.1) is 13.2 Å². The summed E-state index contributed by atoms with van der Waals surface area (Å²) in [5, 5.41) is 11.1. The van der Waals surface area contributed by atoms with Crippen molar-refractivity contribution in [3.63, 3.8) is 0 Å². The van der Waals surface area contributed by atoms with Crippen molar-refractivity contribution in [2.75, 3.05) is 6.61 Å². The van der Waals surface area contributed by atoms with E-state index in [1.807, 2.05) is 30.3 Å². The Kier molecular flexibility index (Phi) is 10.2. The number of aliphatic hydroxyl groups is 1. The lowest BCUT2D eigenvalue weighted by atomic mass is 9.94. The third-order valence-electron chi connectivity index (χ3n) is 5.60. The molecule has 1 rings (SSSR count). The maximum atomic E-state index is 12.4. The molecule has 0 aliphatic carbocycles. The summed E-state index contributed by atoms with van der Waals surface area (Å²) >= 11 is 0. The van der Waals surface area contributed by atoms with Crippen molar-refractivity contribution in [3.05, 3.63) is 61.2 Å². The van der Waals surface area contributed by atoms with Crippen molar-refractivity contribution in [2.24, 2.45) is 5.92 Å². The minimum Gasteiger partial charge on any atom is -0.465 e. The van der Waals surface area contributed by atoms with Gasteiger partial charge in [-0.1, -0.05) is 63.3 Å². The number of hydrogen-bond acceptors (Lipinski definition) is 5.